The number of amides is 2. The van der Waals surface area contributed by atoms with Gasteiger partial charge in [-0.2, -0.15) is 0 Å². The van der Waals surface area contributed by atoms with Crippen LogP contribution >= 0.6 is 11.6 Å². The molecule has 0 heterocycles. The third-order valence-corrected chi connectivity index (χ3v) is 6.63. The van der Waals surface area contributed by atoms with Crippen LogP contribution in [0, 0.1) is 0 Å². The summed E-state index contributed by atoms with van der Waals surface area (Å²) in [6, 6.07) is 21.4. The number of anilines is 2. The smallest absolute Gasteiger partial charge is 0.253 e. The van der Waals surface area contributed by atoms with Crippen LogP contribution in [0.2, 0.25) is 5.02 Å². The van der Waals surface area contributed by atoms with Crippen LogP contribution in [-0.4, -0.2) is 39.1 Å². The molecule has 178 valence electrons. The number of sulfonamides is 1. The highest BCUT2D eigenvalue weighted by Gasteiger charge is 2.29. The molecule has 2 amide bonds. The molecule has 0 aliphatic carbocycles. The van der Waals surface area contributed by atoms with Crippen LogP contribution in [-0.2, 0) is 21.2 Å². The lowest BCUT2D eigenvalue weighted by Crippen LogP contribution is -2.45. The monoisotopic (exact) mass is 499 g/mol. The number of rotatable bonds is 9. The van der Waals surface area contributed by atoms with Crippen LogP contribution in [0.5, 0.6) is 0 Å². The van der Waals surface area contributed by atoms with E-state index in [1.807, 2.05) is 30.3 Å². The van der Waals surface area contributed by atoms with Gasteiger partial charge in [0.1, 0.15) is 6.04 Å². The van der Waals surface area contributed by atoms with E-state index >= 15 is 0 Å². The van der Waals surface area contributed by atoms with E-state index in [1.54, 1.807) is 36.4 Å². The van der Waals surface area contributed by atoms with Crippen molar-refractivity contribution in [3.05, 3.63) is 95.0 Å². The van der Waals surface area contributed by atoms with Crippen LogP contribution in [0.15, 0.2) is 78.9 Å². The molecule has 0 aliphatic rings. The third-order valence-electron chi connectivity index (χ3n) is 5.14. The van der Waals surface area contributed by atoms with E-state index in [4.69, 9.17) is 11.6 Å². The maximum Gasteiger partial charge on any atom is 0.253 e. The molecule has 7 nitrogen and oxygen atoms in total. The number of nitrogens with one attached hydrogen (secondary N) is 2. The van der Waals surface area contributed by atoms with Crippen LogP contribution in [0.4, 0.5) is 11.4 Å². The Kier molecular flexibility index (Phi) is 8.31. The molecule has 34 heavy (non-hydrogen) atoms. The van der Waals surface area contributed by atoms with Gasteiger partial charge in [0.05, 0.1) is 23.2 Å². The van der Waals surface area contributed by atoms with Crippen molar-refractivity contribution in [3.63, 3.8) is 0 Å². The summed E-state index contributed by atoms with van der Waals surface area (Å²) in [6.07, 6.45) is 1.70. The highest BCUT2D eigenvalue weighted by molar-refractivity contribution is 7.92. The highest BCUT2D eigenvalue weighted by Crippen LogP contribution is 2.24. The Bertz CT molecular complexity index is 1250. The average molecular weight is 500 g/mol. The zero-order valence-electron chi connectivity index (χ0n) is 18.9. The summed E-state index contributed by atoms with van der Waals surface area (Å²) < 4.78 is 26.0. The topological polar surface area (TPSA) is 95.6 Å². The van der Waals surface area contributed by atoms with Gasteiger partial charge in [-0.3, -0.25) is 13.9 Å². The lowest BCUT2D eigenvalue weighted by molar-refractivity contribution is -0.116. The predicted octanol–water partition coefficient (Wildman–Crippen LogP) is 4.11. The zero-order valence-corrected chi connectivity index (χ0v) is 20.4. The van der Waals surface area contributed by atoms with Crippen molar-refractivity contribution in [2.45, 2.75) is 19.4 Å². The second-order valence-electron chi connectivity index (χ2n) is 7.74. The normalized spacial score (nSPS) is 12.0. The molecule has 0 fully saturated rings. The van der Waals surface area contributed by atoms with Crippen molar-refractivity contribution < 1.29 is 18.0 Å². The van der Waals surface area contributed by atoms with Crippen molar-refractivity contribution >= 4 is 44.8 Å². The van der Waals surface area contributed by atoms with Gasteiger partial charge in [-0.1, -0.05) is 54.1 Å². The second kappa shape index (κ2) is 11.2. The molecule has 0 spiro atoms. The third kappa shape index (κ3) is 6.59. The maximum absolute atomic E-state index is 13.0. The van der Waals surface area contributed by atoms with E-state index in [0.717, 1.165) is 16.1 Å². The van der Waals surface area contributed by atoms with E-state index in [0.29, 0.717) is 29.4 Å². The molecule has 0 aliphatic heterocycles. The van der Waals surface area contributed by atoms with Gasteiger partial charge in [-0.15, -0.1) is 0 Å². The lowest BCUT2D eigenvalue weighted by Gasteiger charge is -2.28. The fourth-order valence-electron chi connectivity index (χ4n) is 3.48. The predicted molar refractivity (Wildman–Crippen MR) is 136 cm³/mol. The number of nitrogens with zero attached hydrogens (tertiary/aromatic N) is 1. The Morgan fingerprint density at radius 2 is 1.56 bits per heavy atom. The number of benzene rings is 3. The number of carbonyl (C=O) groups is 2. The summed E-state index contributed by atoms with van der Waals surface area (Å²) in [5, 5.41) is 6.01. The molecule has 0 saturated heterocycles. The molecule has 1 unspecified atom stereocenters. The summed E-state index contributed by atoms with van der Waals surface area (Å²) in [5.74, 6) is -0.915. The molecule has 1 atom stereocenters. The largest absolute Gasteiger partial charge is 0.352 e. The molecule has 2 N–H and O–H groups in total. The van der Waals surface area contributed by atoms with Crippen LogP contribution in [0.3, 0.4) is 0 Å². The van der Waals surface area contributed by atoms with Gasteiger partial charge >= 0.3 is 0 Å². The molecule has 0 aromatic heterocycles. The number of para-hydroxylation sites is 1. The molecule has 3 aromatic rings. The van der Waals surface area contributed by atoms with Crippen molar-refractivity contribution in [2.75, 3.05) is 22.4 Å². The number of hydrogen-bond donors (Lipinski definition) is 2. The molecule has 0 bridgehead atoms. The summed E-state index contributed by atoms with van der Waals surface area (Å²) >= 11 is 5.91. The Morgan fingerprint density at radius 3 is 2.21 bits per heavy atom. The van der Waals surface area contributed by atoms with Crippen molar-refractivity contribution in [1.82, 2.24) is 5.32 Å². The fourth-order valence-corrected chi connectivity index (χ4v) is 4.79. The molecular weight excluding hydrogens is 474 g/mol. The van der Waals surface area contributed by atoms with E-state index in [1.165, 1.54) is 19.1 Å². The first kappa shape index (κ1) is 25.3. The highest BCUT2D eigenvalue weighted by atomic mass is 35.5. The number of hydrogen-bond acceptors (Lipinski definition) is 4. The van der Waals surface area contributed by atoms with E-state index in [9.17, 15) is 18.0 Å². The molecule has 3 rings (SSSR count). The Labute approximate surface area is 204 Å². The molecule has 9 heteroatoms. The van der Waals surface area contributed by atoms with Crippen molar-refractivity contribution in [3.8, 4) is 0 Å². The zero-order chi connectivity index (χ0) is 24.7. The first-order valence-electron chi connectivity index (χ1n) is 10.6. The van der Waals surface area contributed by atoms with Gasteiger partial charge in [-0.05, 0) is 55.3 Å². The minimum atomic E-state index is -3.78. The molecule has 0 saturated carbocycles. The molecule has 3 aromatic carbocycles. The van der Waals surface area contributed by atoms with Crippen molar-refractivity contribution in [2.24, 2.45) is 0 Å². The minimum absolute atomic E-state index is 0.286. The molecule has 0 radical (unpaired) electrons. The lowest BCUT2D eigenvalue weighted by atomic mass is 10.1. The van der Waals surface area contributed by atoms with E-state index in [-0.39, 0.29) is 11.5 Å². The second-order valence-corrected chi connectivity index (χ2v) is 10.0. The van der Waals surface area contributed by atoms with Gasteiger partial charge in [0.25, 0.3) is 5.91 Å². The quantitative estimate of drug-likeness (QED) is 0.463. The van der Waals surface area contributed by atoms with Crippen LogP contribution in [0.1, 0.15) is 22.8 Å². The van der Waals surface area contributed by atoms with Gasteiger partial charge in [-0.25, -0.2) is 8.42 Å². The average Bonchev–Trinajstić information content (AvgIpc) is 2.80. The SMILES string of the molecule is CC(C(=O)Nc1ccccc1C(=O)NCCc1ccccc1)N(c1ccc(Cl)cc1)S(C)(=O)=O. The fraction of sp³-hybridized carbons (Fsp3) is 0.200. The number of halogens is 1. The Hall–Kier alpha value is -3.36. The van der Waals surface area contributed by atoms with Crippen LogP contribution < -0.4 is 14.9 Å². The first-order valence-corrected chi connectivity index (χ1v) is 12.9. The van der Waals surface area contributed by atoms with Gasteiger partial charge in [0.15, 0.2) is 0 Å². The number of carbonyl (C=O) groups excluding carboxylic acids is 2. The standard InChI is InChI=1S/C25H26ClN3O4S/c1-18(29(34(2,32)33)21-14-12-20(26)13-15-21)24(30)28-23-11-7-6-10-22(23)25(31)27-17-16-19-8-4-3-5-9-19/h3-15,18H,16-17H2,1-2H3,(H,27,31)(H,28,30). The summed E-state index contributed by atoms with van der Waals surface area (Å²) in [7, 11) is -3.78. The molecular formula is C25H26ClN3O4S. The maximum atomic E-state index is 13.0. The summed E-state index contributed by atoms with van der Waals surface area (Å²) in [6.45, 7) is 1.91. The van der Waals surface area contributed by atoms with E-state index < -0.39 is 22.0 Å². The van der Waals surface area contributed by atoms with Gasteiger partial charge < -0.3 is 10.6 Å². The minimum Gasteiger partial charge on any atom is -0.352 e. The van der Waals surface area contributed by atoms with Crippen LogP contribution in [0.25, 0.3) is 0 Å². The van der Waals surface area contributed by atoms with E-state index in [2.05, 4.69) is 10.6 Å². The Balaban J connectivity index is 1.73. The summed E-state index contributed by atoms with van der Waals surface area (Å²) in [4.78, 5) is 25.8. The van der Waals surface area contributed by atoms with Gasteiger partial charge in [0, 0.05) is 11.6 Å². The summed E-state index contributed by atoms with van der Waals surface area (Å²) in [5.41, 5.74) is 1.98. The first-order chi connectivity index (χ1) is 16.2. The van der Waals surface area contributed by atoms with Gasteiger partial charge in [0.2, 0.25) is 15.9 Å². The Morgan fingerprint density at radius 1 is 0.941 bits per heavy atom. The van der Waals surface area contributed by atoms with Crippen molar-refractivity contribution in [1.29, 1.82) is 0 Å².